The maximum absolute atomic E-state index is 2.00. The summed E-state index contributed by atoms with van der Waals surface area (Å²) in [5, 5.41) is 0. The summed E-state index contributed by atoms with van der Waals surface area (Å²) in [6.45, 7) is 0. The van der Waals surface area contributed by atoms with E-state index in [1.165, 1.54) is 0 Å². The Morgan fingerprint density at radius 2 is 2.12 bits per heavy atom. The lowest BCUT2D eigenvalue weighted by Crippen LogP contribution is -3.00. The van der Waals surface area contributed by atoms with Gasteiger partial charge in [0.2, 0.25) is 0 Å². The van der Waals surface area contributed by atoms with Crippen LogP contribution in [0.2, 0.25) is 0 Å². The number of rotatable bonds is 0. The van der Waals surface area contributed by atoms with E-state index in [1.54, 1.807) is 0 Å². The number of aryl methyl sites for hydroxylation is 2. The molecule has 0 fully saturated rings. The van der Waals surface area contributed by atoms with Crippen molar-refractivity contribution >= 4 is 0 Å². The van der Waals surface area contributed by atoms with E-state index in [0.717, 1.165) is 0 Å². The fourth-order valence-electron chi connectivity index (χ4n) is 0.498. The Morgan fingerprint density at radius 3 is 2.25 bits per heavy atom. The standard InChI is InChI=1S/C5H9N2.HI/c1-6-4-3-5-7(6)2;/h3-5H,1-2H3;1H/q+1;/p-1. The third-order valence-electron chi connectivity index (χ3n) is 1.10. The molecule has 0 aliphatic heterocycles. The van der Waals surface area contributed by atoms with Crippen LogP contribution >= 0.6 is 0 Å². The normalized spacial score (nSPS) is 8.25. The van der Waals surface area contributed by atoms with Crippen molar-refractivity contribution in [3.63, 3.8) is 0 Å². The molecule has 0 aliphatic carbocycles. The summed E-state index contributed by atoms with van der Waals surface area (Å²) in [6.07, 6.45) is 4.00. The van der Waals surface area contributed by atoms with Gasteiger partial charge in [-0.3, -0.25) is 0 Å². The van der Waals surface area contributed by atoms with Crippen LogP contribution in [-0.2, 0) is 14.1 Å². The first-order chi connectivity index (χ1) is 3.30. The monoisotopic (exact) mass is 224 g/mol. The first-order valence-electron chi connectivity index (χ1n) is 2.28. The molecule has 3 heteroatoms. The third-order valence-corrected chi connectivity index (χ3v) is 1.10. The Hall–Kier alpha value is -0.0600. The minimum Gasteiger partial charge on any atom is -1.00 e. The summed E-state index contributed by atoms with van der Waals surface area (Å²) in [6, 6.07) is 2.00. The minimum atomic E-state index is 0. The number of hydrogen-bond acceptors (Lipinski definition) is 0. The Kier molecular flexibility index (Phi) is 3.04. The fourth-order valence-corrected chi connectivity index (χ4v) is 0.498. The van der Waals surface area contributed by atoms with Crippen molar-refractivity contribution in [2.45, 2.75) is 0 Å². The van der Waals surface area contributed by atoms with Gasteiger partial charge >= 0.3 is 0 Å². The van der Waals surface area contributed by atoms with Gasteiger partial charge < -0.3 is 24.0 Å². The predicted octanol–water partition coefficient (Wildman–Crippen LogP) is -3.15. The van der Waals surface area contributed by atoms with Gasteiger partial charge in [0.25, 0.3) is 0 Å². The second-order valence-corrected chi connectivity index (χ2v) is 1.64. The van der Waals surface area contributed by atoms with Crippen LogP contribution in [0.1, 0.15) is 0 Å². The van der Waals surface area contributed by atoms with E-state index in [4.69, 9.17) is 0 Å². The van der Waals surface area contributed by atoms with Crippen LogP contribution in [0.15, 0.2) is 18.5 Å². The molecule has 0 saturated heterocycles. The predicted molar refractivity (Wildman–Crippen MR) is 26.6 cm³/mol. The van der Waals surface area contributed by atoms with E-state index in [-0.39, 0.29) is 24.0 Å². The van der Waals surface area contributed by atoms with E-state index in [1.807, 2.05) is 41.9 Å². The summed E-state index contributed by atoms with van der Waals surface area (Å²) in [4.78, 5) is 0. The highest BCUT2D eigenvalue weighted by Gasteiger charge is 1.89. The Labute approximate surface area is 66.1 Å². The van der Waals surface area contributed by atoms with Crippen molar-refractivity contribution in [1.29, 1.82) is 0 Å². The molecular weight excluding hydrogens is 215 g/mol. The zero-order valence-electron chi connectivity index (χ0n) is 5.00. The highest BCUT2D eigenvalue weighted by atomic mass is 127. The lowest BCUT2D eigenvalue weighted by atomic mass is 10.8. The van der Waals surface area contributed by atoms with Crippen LogP contribution in [0.3, 0.4) is 0 Å². The molecule has 1 heterocycles. The third kappa shape index (κ3) is 1.47. The smallest absolute Gasteiger partial charge is 0.195 e. The van der Waals surface area contributed by atoms with Crippen LogP contribution in [0.4, 0.5) is 0 Å². The summed E-state index contributed by atoms with van der Waals surface area (Å²) < 4.78 is 4.00. The molecule has 0 N–H and O–H groups in total. The molecule has 1 aromatic heterocycles. The van der Waals surface area contributed by atoms with E-state index >= 15 is 0 Å². The fraction of sp³-hybridized carbons (Fsp3) is 0.400. The van der Waals surface area contributed by atoms with Crippen molar-refractivity contribution in [2.75, 3.05) is 0 Å². The number of nitrogens with zero attached hydrogens (tertiary/aromatic N) is 2. The first kappa shape index (κ1) is 7.94. The molecule has 1 rings (SSSR count). The molecule has 0 radical (unpaired) electrons. The van der Waals surface area contributed by atoms with Crippen LogP contribution in [0.25, 0.3) is 0 Å². The van der Waals surface area contributed by atoms with Gasteiger partial charge in [0, 0.05) is 6.07 Å². The zero-order chi connectivity index (χ0) is 5.28. The van der Waals surface area contributed by atoms with Crippen molar-refractivity contribution in [2.24, 2.45) is 14.1 Å². The van der Waals surface area contributed by atoms with Crippen LogP contribution in [-0.4, -0.2) is 4.68 Å². The maximum atomic E-state index is 2.00. The van der Waals surface area contributed by atoms with Gasteiger partial charge in [-0.25, -0.2) is 0 Å². The second-order valence-electron chi connectivity index (χ2n) is 1.64. The van der Waals surface area contributed by atoms with Crippen molar-refractivity contribution in [1.82, 2.24) is 4.68 Å². The Morgan fingerprint density at radius 1 is 1.50 bits per heavy atom. The Balaban J connectivity index is 0.000000490. The van der Waals surface area contributed by atoms with E-state index in [0.29, 0.717) is 0 Å². The number of halogens is 1. The molecule has 0 aliphatic rings. The van der Waals surface area contributed by atoms with Gasteiger partial charge in [0.05, 0.1) is 13.2 Å². The molecule has 1 aromatic rings. The van der Waals surface area contributed by atoms with Gasteiger partial charge in [-0.1, -0.05) is 0 Å². The number of hydrogen-bond donors (Lipinski definition) is 0. The SMILES string of the molecule is Cn1ccc[n+]1C.[I-]. The molecule has 8 heavy (non-hydrogen) atoms. The molecule has 0 aromatic carbocycles. The second kappa shape index (κ2) is 3.06. The lowest BCUT2D eigenvalue weighted by molar-refractivity contribution is -0.751. The molecular formula is C5H9IN2. The van der Waals surface area contributed by atoms with Crippen molar-refractivity contribution < 1.29 is 28.7 Å². The summed E-state index contributed by atoms with van der Waals surface area (Å²) in [5.41, 5.74) is 0. The van der Waals surface area contributed by atoms with Crippen molar-refractivity contribution in [3.05, 3.63) is 18.5 Å². The molecule has 0 spiro atoms. The lowest BCUT2D eigenvalue weighted by Gasteiger charge is -1.82. The quantitative estimate of drug-likeness (QED) is 0.325. The maximum Gasteiger partial charge on any atom is 0.195 e. The Bertz CT molecular complexity index is 143. The molecule has 0 amide bonds. The largest absolute Gasteiger partial charge is 1.00 e. The molecule has 0 unspecified atom stereocenters. The van der Waals surface area contributed by atoms with Crippen LogP contribution in [0, 0.1) is 0 Å². The van der Waals surface area contributed by atoms with Crippen LogP contribution < -0.4 is 28.7 Å². The molecule has 2 nitrogen and oxygen atoms in total. The highest BCUT2D eigenvalue weighted by molar-refractivity contribution is 4.69. The first-order valence-corrected chi connectivity index (χ1v) is 2.28. The van der Waals surface area contributed by atoms with Gasteiger partial charge in [0.15, 0.2) is 13.2 Å². The summed E-state index contributed by atoms with van der Waals surface area (Å²) in [5.74, 6) is 0. The average molecular weight is 224 g/mol. The van der Waals surface area contributed by atoms with Gasteiger partial charge in [0.1, 0.15) is 0 Å². The van der Waals surface area contributed by atoms with Crippen LogP contribution in [0.5, 0.6) is 0 Å². The van der Waals surface area contributed by atoms with Crippen molar-refractivity contribution in [3.8, 4) is 0 Å². The summed E-state index contributed by atoms with van der Waals surface area (Å²) in [7, 11) is 4.00. The summed E-state index contributed by atoms with van der Waals surface area (Å²) >= 11 is 0. The zero-order valence-corrected chi connectivity index (χ0v) is 7.16. The molecule has 0 bridgehead atoms. The van der Waals surface area contributed by atoms with E-state index in [2.05, 4.69) is 0 Å². The van der Waals surface area contributed by atoms with Gasteiger partial charge in [-0.2, -0.15) is 4.68 Å². The molecule has 0 atom stereocenters. The highest BCUT2D eigenvalue weighted by Crippen LogP contribution is 1.70. The number of aromatic nitrogens is 2. The van der Waals surface area contributed by atoms with Gasteiger partial charge in [-0.05, 0) is 0 Å². The topological polar surface area (TPSA) is 8.81 Å². The molecule has 46 valence electrons. The molecule has 0 saturated carbocycles. The van der Waals surface area contributed by atoms with E-state index in [9.17, 15) is 0 Å². The average Bonchev–Trinajstić information content (AvgIpc) is 1.91. The van der Waals surface area contributed by atoms with E-state index < -0.39 is 0 Å². The van der Waals surface area contributed by atoms with Gasteiger partial charge in [-0.15, -0.1) is 4.68 Å². The minimum absolute atomic E-state index is 0.